The van der Waals surface area contributed by atoms with E-state index in [0.717, 1.165) is 22.0 Å². The van der Waals surface area contributed by atoms with Crippen LogP contribution in [0.5, 0.6) is 5.88 Å². The van der Waals surface area contributed by atoms with E-state index < -0.39 is 9.84 Å². The molecule has 0 amide bonds. The average molecular weight is 345 g/mol. The second kappa shape index (κ2) is 5.83. The molecule has 0 bridgehead atoms. The normalized spacial score (nSPS) is 11.8. The van der Waals surface area contributed by atoms with Gasteiger partial charge in [0.2, 0.25) is 5.88 Å². The summed E-state index contributed by atoms with van der Waals surface area (Å²) in [6.45, 7) is 0. The van der Waals surface area contributed by atoms with Crippen molar-refractivity contribution in [3.63, 3.8) is 0 Å². The molecule has 3 aromatic rings. The van der Waals surface area contributed by atoms with Gasteiger partial charge in [-0.3, -0.25) is 0 Å². The Balaban J connectivity index is 2.23. The number of anilines is 1. The van der Waals surface area contributed by atoms with Gasteiger partial charge in [-0.2, -0.15) is 0 Å². The second-order valence-corrected chi connectivity index (χ2v) is 8.00. The fourth-order valence-corrected chi connectivity index (χ4v) is 3.70. The van der Waals surface area contributed by atoms with Gasteiger partial charge in [-0.1, -0.05) is 6.07 Å². The molecule has 3 rings (SSSR count). The Bertz CT molecular complexity index is 1020. The lowest BCUT2D eigenvalue weighted by Gasteiger charge is -2.08. The maximum absolute atomic E-state index is 11.6. The van der Waals surface area contributed by atoms with Gasteiger partial charge < -0.3 is 15.0 Å². The van der Waals surface area contributed by atoms with Crippen LogP contribution in [-0.2, 0) is 22.6 Å². The number of rotatable bonds is 4. The Morgan fingerprint density at radius 2 is 2.00 bits per heavy atom. The predicted molar refractivity (Wildman–Crippen MR) is 95.7 cm³/mol. The first-order valence-corrected chi connectivity index (χ1v) is 9.40. The Labute approximate surface area is 140 Å². The summed E-state index contributed by atoms with van der Waals surface area (Å²) >= 11 is 0. The van der Waals surface area contributed by atoms with E-state index in [1.54, 1.807) is 25.4 Å². The molecule has 0 saturated carbocycles. The largest absolute Gasteiger partial charge is 0.479 e. The summed E-state index contributed by atoms with van der Waals surface area (Å²) in [6, 6.07) is 7.22. The van der Waals surface area contributed by atoms with Gasteiger partial charge in [-0.15, -0.1) is 0 Å². The first-order chi connectivity index (χ1) is 11.3. The minimum atomic E-state index is -3.11. The number of pyridine rings is 1. The summed E-state index contributed by atoms with van der Waals surface area (Å²) in [6.07, 6.45) is 4.85. The summed E-state index contributed by atoms with van der Waals surface area (Å²) in [5.74, 6) is 0.516. The number of fused-ring (bicyclic) bond motifs is 1. The van der Waals surface area contributed by atoms with Crippen LogP contribution in [0.3, 0.4) is 0 Å². The van der Waals surface area contributed by atoms with Crippen LogP contribution in [0.4, 0.5) is 5.69 Å². The Kier molecular flexibility index (Phi) is 3.96. The molecule has 0 aliphatic rings. The highest BCUT2D eigenvalue weighted by Gasteiger charge is 2.16. The fourth-order valence-electron chi connectivity index (χ4n) is 2.91. The minimum Gasteiger partial charge on any atom is -0.479 e. The molecule has 2 N–H and O–H groups in total. The molecule has 2 heterocycles. The number of methoxy groups -OCH3 is 1. The van der Waals surface area contributed by atoms with Crippen LogP contribution in [0.2, 0.25) is 0 Å². The molecule has 2 aromatic heterocycles. The number of nitrogen functional groups attached to an aromatic ring is 1. The van der Waals surface area contributed by atoms with Gasteiger partial charge >= 0.3 is 0 Å². The molecular weight excluding hydrogens is 326 g/mol. The van der Waals surface area contributed by atoms with Crippen molar-refractivity contribution in [2.45, 2.75) is 5.75 Å². The average Bonchev–Trinajstić information content (AvgIpc) is 2.85. The van der Waals surface area contributed by atoms with Crippen molar-refractivity contribution in [3.05, 3.63) is 42.2 Å². The third-order valence-corrected chi connectivity index (χ3v) is 4.74. The number of nitrogens with zero attached hydrogens (tertiary/aromatic N) is 2. The molecule has 0 fully saturated rings. The van der Waals surface area contributed by atoms with Crippen molar-refractivity contribution in [1.29, 1.82) is 0 Å². The van der Waals surface area contributed by atoms with Gasteiger partial charge in [0, 0.05) is 47.9 Å². The quantitative estimate of drug-likeness (QED) is 0.734. The van der Waals surface area contributed by atoms with Gasteiger partial charge in [-0.05, 0) is 23.8 Å². The Hall–Kier alpha value is -2.54. The molecule has 0 aliphatic carbocycles. The van der Waals surface area contributed by atoms with E-state index in [1.807, 2.05) is 29.9 Å². The molecule has 0 aliphatic heterocycles. The van der Waals surface area contributed by atoms with Gasteiger partial charge in [0.05, 0.1) is 12.9 Å². The van der Waals surface area contributed by atoms with E-state index in [0.29, 0.717) is 17.1 Å². The van der Waals surface area contributed by atoms with Crippen molar-refractivity contribution in [3.8, 4) is 17.0 Å². The molecule has 1 aromatic carbocycles. The lowest BCUT2D eigenvalue weighted by Crippen LogP contribution is -2.01. The Morgan fingerprint density at radius 1 is 1.25 bits per heavy atom. The zero-order valence-electron chi connectivity index (χ0n) is 13.8. The number of aromatic nitrogens is 2. The lowest BCUT2D eigenvalue weighted by molar-refractivity contribution is 0.401. The molecule has 0 saturated heterocycles. The highest BCUT2D eigenvalue weighted by atomic mass is 32.2. The molecule has 6 nitrogen and oxygen atoms in total. The number of sulfone groups is 1. The molecule has 24 heavy (non-hydrogen) atoms. The van der Waals surface area contributed by atoms with Crippen molar-refractivity contribution >= 4 is 26.4 Å². The summed E-state index contributed by atoms with van der Waals surface area (Å²) in [5, 5.41) is 0.951. The summed E-state index contributed by atoms with van der Waals surface area (Å²) in [7, 11) is 0.375. The zero-order valence-corrected chi connectivity index (χ0v) is 14.6. The molecule has 0 atom stereocenters. The molecule has 0 spiro atoms. The van der Waals surface area contributed by atoms with Crippen LogP contribution in [-0.4, -0.2) is 31.3 Å². The maximum atomic E-state index is 11.6. The summed E-state index contributed by atoms with van der Waals surface area (Å²) in [5.41, 5.74) is 10.0. The monoisotopic (exact) mass is 345 g/mol. The second-order valence-electron chi connectivity index (χ2n) is 5.86. The smallest absolute Gasteiger partial charge is 0.238 e. The zero-order chi connectivity index (χ0) is 17.5. The van der Waals surface area contributed by atoms with Crippen LogP contribution >= 0.6 is 0 Å². The van der Waals surface area contributed by atoms with Crippen LogP contribution < -0.4 is 10.5 Å². The number of ether oxygens (including phenoxy) is 1. The van der Waals surface area contributed by atoms with E-state index in [4.69, 9.17) is 10.5 Å². The van der Waals surface area contributed by atoms with Crippen LogP contribution in [0.25, 0.3) is 22.0 Å². The lowest BCUT2D eigenvalue weighted by atomic mass is 10.0. The minimum absolute atomic E-state index is 0.0179. The van der Waals surface area contributed by atoms with Gasteiger partial charge in [0.1, 0.15) is 5.52 Å². The molecule has 0 unspecified atom stereocenters. The highest BCUT2D eigenvalue weighted by molar-refractivity contribution is 7.89. The fraction of sp³-hybridized carbons (Fsp3) is 0.235. The number of benzene rings is 1. The van der Waals surface area contributed by atoms with Crippen molar-refractivity contribution in [1.82, 2.24) is 9.55 Å². The van der Waals surface area contributed by atoms with Crippen LogP contribution in [0.1, 0.15) is 5.56 Å². The summed E-state index contributed by atoms with van der Waals surface area (Å²) < 4.78 is 30.4. The molecular formula is C17H19N3O3S. The number of nitrogens with two attached hydrogens (primary N) is 1. The van der Waals surface area contributed by atoms with Crippen molar-refractivity contribution < 1.29 is 13.2 Å². The van der Waals surface area contributed by atoms with Gasteiger partial charge in [0.15, 0.2) is 9.84 Å². The van der Waals surface area contributed by atoms with Crippen molar-refractivity contribution in [2.75, 3.05) is 19.1 Å². The predicted octanol–water partition coefficient (Wildman–Crippen LogP) is 2.38. The SMILES string of the molecule is COc1nccc2c(-c3cc(CS(C)(=O)=O)ccc3N)cn(C)c12. The van der Waals surface area contributed by atoms with Gasteiger partial charge in [0.25, 0.3) is 0 Å². The molecule has 0 radical (unpaired) electrons. The van der Waals surface area contributed by atoms with E-state index in [-0.39, 0.29) is 5.75 Å². The molecule has 126 valence electrons. The number of aryl methyl sites for hydroxylation is 1. The van der Waals surface area contributed by atoms with E-state index in [2.05, 4.69) is 4.98 Å². The topological polar surface area (TPSA) is 87.2 Å². The van der Waals surface area contributed by atoms with E-state index >= 15 is 0 Å². The van der Waals surface area contributed by atoms with Crippen molar-refractivity contribution in [2.24, 2.45) is 7.05 Å². The van der Waals surface area contributed by atoms with E-state index in [1.165, 1.54) is 6.26 Å². The molecule has 7 heteroatoms. The number of hydrogen-bond donors (Lipinski definition) is 1. The third kappa shape index (κ3) is 2.94. The first-order valence-electron chi connectivity index (χ1n) is 7.34. The van der Waals surface area contributed by atoms with Crippen LogP contribution in [0, 0.1) is 0 Å². The number of hydrogen-bond acceptors (Lipinski definition) is 5. The standard InChI is InChI=1S/C17H19N3O3S/c1-20-9-14(12-6-7-19-17(23-2)16(12)20)13-8-11(4-5-15(13)18)10-24(3,21)22/h4-9H,10,18H2,1-3H3. The van der Waals surface area contributed by atoms with E-state index in [9.17, 15) is 8.42 Å². The first kappa shape index (κ1) is 16.3. The highest BCUT2D eigenvalue weighted by Crippen LogP contribution is 2.37. The third-order valence-electron chi connectivity index (χ3n) is 3.89. The maximum Gasteiger partial charge on any atom is 0.238 e. The van der Waals surface area contributed by atoms with Crippen LogP contribution in [0.15, 0.2) is 36.7 Å². The Morgan fingerprint density at radius 3 is 2.67 bits per heavy atom. The van der Waals surface area contributed by atoms with Gasteiger partial charge in [-0.25, -0.2) is 13.4 Å². The summed E-state index contributed by atoms with van der Waals surface area (Å²) in [4.78, 5) is 4.23.